The van der Waals surface area contributed by atoms with Crippen LogP contribution in [0.4, 0.5) is 17.5 Å². The summed E-state index contributed by atoms with van der Waals surface area (Å²) in [5, 5.41) is 16.2. The number of piperidine rings is 1. The number of likely N-dealkylation sites (N-methyl/N-ethyl adjacent to an activating group) is 1. The van der Waals surface area contributed by atoms with Crippen LogP contribution < -0.4 is 25.0 Å². The third-order valence-corrected chi connectivity index (χ3v) is 6.75. The van der Waals surface area contributed by atoms with Gasteiger partial charge in [-0.1, -0.05) is 0 Å². The minimum absolute atomic E-state index is 0.126. The molecule has 37 heavy (non-hydrogen) atoms. The fraction of sp³-hybridized carbons (Fsp3) is 0.407. The van der Waals surface area contributed by atoms with E-state index in [1.807, 2.05) is 36.4 Å². The van der Waals surface area contributed by atoms with E-state index in [0.29, 0.717) is 34.7 Å². The van der Waals surface area contributed by atoms with Crippen molar-refractivity contribution in [1.82, 2.24) is 25.2 Å². The number of hydrogen-bond acceptors (Lipinski definition) is 10. The van der Waals surface area contributed by atoms with Crippen LogP contribution in [0.25, 0.3) is 11.3 Å². The fourth-order valence-corrected chi connectivity index (χ4v) is 4.61. The highest BCUT2D eigenvalue weighted by Crippen LogP contribution is 2.30. The number of nitrogens with zero attached hydrogens (tertiary/aromatic N) is 6. The summed E-state index contributed by atoms with van der Waals surface area (Å²) in [4.78, 5) is 18.3. The molecule has 3 aromatic rings. The summed E-state index contributed by atoms with van der Waals surface area (Å²) < 4.78 is 11.7. The molecule has 10 heteroatoms. The van der Waals surface area contributed by atoms with Gasteiger partial charge in [0.25, 0.3) is 0 Å². The molecule has 2 saturated heterocycles. The summed E-state index contributed by atoms with van der Waals surface area (Å²) in [5.41, 5.74) is 2.99. The zero-order chi connectivity index (χ0) is 25.6. The van der Waals surface area contributed by atoms with Crippen molar-refractivity contribution in [3.8, 4) is 29.0 Å². The maximum Gasteiger partial charge on any atom is 0.239 e. The van der Waals surface area contributed by atoms with Gasteiger partial charge in [-0.2, -0.15) is 10.2 Å². The van der Waals surface area contributed by atoms with Crippen molar-refractivity contribution < 1.29 is 9.47 Å². The van der Waals surface area contributed by atoms with Crippen molar-refractivity contribution >= 4 is 17.5 Å². The Morgan fingerprint density at radius 1 is 1.05 bits per heavy atom. The molecule has 2 aromatic heterocycles. The highest BCUT2D eigenvalue weighted by Gasteiger charge is 2.20. The maximum atomic E-state index is 9.73. The predicted molar refractivity (Wildman–Crippen MR) is 142 cm³/mol. The van der Waals surface area contributed by atoms with Crippen LogP contribution in [0.15, 0.2) is 42.6 Å². The molecule has 0 aliphatic carbocycles. The first-order valence-electron chi connectivity index (χ1n) is 12.6. The molecule has 0 unspecified atom stereocenters. The van der Waals surface area contributed by atoms with Crippen molar-refractivity contribution in [2.24, 2.45) is 0 Å². The zero-order valence-corrected chi connectivity index (χ0v) is 21.3. The summed E-state index contributed by atoms with van der Waals surface area (Å²) in [7, 11) is 3.76. The van der Waals surface area contributed by atoms with E-state index in [0.717, 1.165) is 63.4 Å². The Bertz CT molecular complexity index is 1260. The lowest BCUT2D eigenvalue weighted by Crippen LogP contribution is -2.44. The zero-order valence-electron chi connectivity index (χ0n) is 21.3. The van der Waals surface area contributed by atoms with E-state index in [4.69, 9.17) is 9.47 Å². The van der Waals surface area contributed by atoms with Gasteiger partial charge >= 0.3 is 0 Å². The standard InChI is InChI=1S/C27H32N8O2/c1-34-13-15-35(16-14-34)23-4-6-25(32-26(23)36-2)33-27-30-12-9-22(31-27)19-3-5-24(20(17-19)18-28)37-21-7-10-29-11-8-21/h3-6,9,12,17,21,29H,7-8,10-11,13-16H2,1-2H3,(H,30,31,32,33). The molecule has 2 fully saturated rings. The summed E-state index contributed by atoms with van der Waals surface area (Å²) in [6.45, 7) is 5.73. The van der Waals surface area contributed by atoms with E-state index in [2.05, 4.69) is 48.5 Å². The number of rotatable bonds is 7. The topological polar surface area (TPSA) is 111 Å². The lowest BCUT2D eigenvalue weighted by atomic mass is 10.1. The second-order valence-corrected chi connectivity index (χ2v) is 9.30. The average molecular weight is 501 g/mol. The molecule has 0 spiro atoms. The second-order valence-electron chi connectivity index (χ2n) is 9.30. The molecule has 1 aromatic carbocycles. The van der Waals surface area contributed by atoms with Crippen molar-refractivity contribution in [2.45, 2.75) is 18.9 Å². The van der Waals surface area contributed by atoms with Gasteiger partial charge in [0, 0.05) is 37.9 Å². The Morgan fingerprint density at radius 2 is 1.86 bits per heavy atom. The van der Waals surface area contributed by atoms with Gasteiger partial charge < -0.3 is 29.9 Å². The second kappa shape index (κ2) is 11.4. The number of hydrogen-bond donors (Lipinski definition) is 2. The van der Waals surface area contributed by atoms with Crippen LogP contribution in [0.1, 0.15) is 18.4 Å². The molecule has 0 amide bonds. The largest absolute Gasteiger partial charge is 0.489 e. The SMILES string of the molecule is COc1nc(Nc2nccc(-c3ccc(OC4CCNCC4)c(C#N)c3)n2)ccc1N1CCN(C)CC1. The van der Waals surface area contributed by atoms with E-state index < -0.39 is 0 Å². The Morgan fingerprint density at radius 3 is 2.62 bits per heavy atom. The van der Waals surface area contributed by atoms with E-state index in [-0.39, 0.29) is 6.10 Å². The van der Waals surface area contributed by atoms with Crippen LogP contribution in [-0.2, 0) is 0 Å². The van der Waals surface area contributed by atoms with Gasteiger partial charge in [-0.3, -0.25) is 0 Å². The van der Waals surface area contributed by atoms with Gasteiger partial charge in [0.1, 0.15) is 29.4 Å². The van der Waals surface area contributed by atoms with Crippen LogP contribution in [-0.4, -0.2) is 79.4 Å². The molecule has 2 aliphatic rings. The first kappa shape index (κ1) is 24.7. The maximum absolute atomic E-state index is 9.73. The Labute approximate surface area is 217 Å². The van der Waals surface area contributed by atoms with Crippen LogP contribution in [0.3, 0.4) is 0 Å². The van der Waals surface area contributed by atoms with Crippen LogP contribution in [0, 0.1) is 11.3 Å². The van der Waals surface area contributed by atoms with Crippen LogP contribution >= 0.6 is 0 Å². The first-order valence-corrected chi connectivity index (χ1v) is 12.6. The first-order chi connectivity index (χ1) is 18.1. The molecular weight excluding hydrogens is 468 g/mol. The van der Waals surface area contributed by atoms with Crippen LogP contribution in [0.2, 0.25) is 0 Å². The van der Waals surface area contributed by atoms with E-state index >= 15 is 0 Å². The lowest BCUT2D eigenvalue weighted by Gasteiger charge is -2.34. The van der Waals surface area contributed by atoms with E-state index in [1.165, 1.54) is 0 Å². The molecular formula is C27H32N8O2. The molecule has 2 N–H and O–H groups in total. The molecule has 0 saturated carbocycles. The van der Waals surface area contributed by atoms with Gasteiger partial charge in [-0.25, -0.2) is 9.97 Å². The van der Waals surface area contributed by atoms with Gasteiger partial charge in [0.15, 0.2) is 0 Å². The molecule has 2 aliphatic heterocycles. The third-order valence-electron chi connectivity index (χ3n) is 6.75. The smallest absolute Gasteiger partial charge is 0.239 e. The highest BCUT2D eigenvalue weighted by molar-refractivity contribution is 5.66. The van der Waals surface area contributed by atoms with Gasteiger partial charge in [0.05, 0.1) is 18.4 Å². The Hall–Kier alpha value is -3.94. The monoisotopic (exact) mass is 500 g/mol. The fourth-order valence-electron chi connectivity index (χ4n) is 4.61. The van der Waals surface area contributed by atoms with Gasteiger partial charge in [-0.05, 0) is 69.4 Å². The quantitative estimate of drug-likeness (QED) is 0.502. The Balaban J connectivity index is 1.32. The number of nitrogens with one attached hydrogen (secondary N) is 2. The van der Waals surface area contributed by atoms with Crippen molar-refractivity contribution in [1.29, 1.82) is 5.26 Å². The third kappa shape index (κ3) is 5.90. The number of piperazine rings is 1. The van der Waals surface area contributed by atoms with Gasteiger partial charge in [-0.15, -0.1) is 0 Å². The summed E-state index contributed by atoms with van der Waals surface area (Å²) in [6.07, 6.45) is 3.68. The summed E-state index contributed by atoms with van der Waals surface area (Å²) in [5.74, 6) is 2.18. The van der Waals surface area contributed by atoms with Crippen molar-refractivity contribution in [3.63, 3.8) is 0 Å². The highest BCUT2D eigenvalue weighted by atomic mass is 16.5. The predicted octanol–water partition coefficient (Wildman–Crippen LogP) is 3.05. The van der Waals surface area contributed by atoms with Crippen molar-refractivity contribution in [2.75, 3.05) is 63.6 Å². The molecule has 0 radical (unpaired) electrons. The number of aromatic nitrogens is 3. The molecule has 0 bridgehead atoms. The van der Waals surface area contributed by atoms with Gasteiger partial charge in [0.2, 0.25) is 11.8 Å². The van der Waals surface area contributed by atoms with E-state index in [1.54, 1.807) is 13.3 Å². The normalized spacial score (nSPS) is 16.7. The molecule has 5 rings (SSSR count). The number of anilines is 3. The average Bonchev–Trinajstić information content (AvgIpc) is 2.94. The van der Waals surface area contributed by atoms with E-state index in [9.17, 15) is 5.26 Å². The molecule has 10 nitrogen and oxygen atoms in total. The Kier molecular flexibility index (Phi) is 7.63. The molecule has 0 atom stereocenters. The molecule has 4 heterocycles. The summed E-state index contributed by atoms with van der Waals surface area (Å²) in [6, 6.07) is 13.6. The minimum Gasteiger partial charge on any atom is -0.489 e. The number of pyridine rings is 1. The lowest BCUT2D eigenvalue weighted by molar-refractivity contribution is 0.162. The summed E-state index contributed by atoms with van der Waals surface area (Å²) >= 11 is 0. The molecule has 192 valence electrons. The minimum atomic E-state index is 0.126. The van der Waals surface area contributed by atoms with Crippen LogP contribution in [0.5, 0.6) is 11.6 Å². The number of benzene rings is 1. The number of nitriles is 1. The van der Waals surface area contributed by atoms with Crippen molar-refractivity contribution in [3.05, 3.63) is 48.2 Å². The number of ether oxygens (including phenoxy) is 2. The number of methoxy groups -OCH3 is 1.